The minimum Gasteiger partial charge on any atom is -0.0801 e. The summed E-state index contributed by atoms with van der Waals surface area (Å²) in [5.74, 6) is 0. The number of benzene rings is 3. The molecule has 3 aromatic rings. The summed E-state index contributed by atoms with van der Waals surface area (Å²) >= 11 is 0. The van der Waals surface area contributed by atoms with E-state index in [0.717, 1.165) is 12.8 Å². The van der Waals surface area contributed by atoms with Gasteiger partial charge in [0.25, 0.3) is 0 Å². The molecule has 0 atom stereocenters. The molecule has 0 saturated heterocycles. The molecule has 0 fully saturated rings. The highest BCUT2D eigenvalue weighted by molar-refractivity contribution is 6.91. The van der Waals surface area contributed by atoms with Crippen LogP contribution in [-0.4, -0.2) is 8.80 Å². The zero-order valence-corrected chi connectivity index (χ0v) is 18.9. The van der Waals surface area contributed by atoms with Crippen molar-refractivity contribution in [1.29, 1.82) is 0 Å². The second-order valence-corrected chi connectivity index (χ2v) is 11.0. The molecule has 0 aromatic heterocycles. The van der Waals surface area contributed by atoms with Crippen LogP contribution in [0.4, 0.5) is 0 Å². The van der Waals surface area contributed by atoms with Crippen LogP contribution in [0.25, 0.3) is 5.57 Å². The smallest absolute Gasteiger partial charge is 0.0801 e. The number of allylic oxidation sites excluding steroid dienone is 4. The molecule has 0 heterocycles. The first-order valence-electron chi connectivity index (χ1n) is 10.8. The topological polar surface area (TPSA) is 0 Å². The molecule has 1 aliphatic rings. The van der Waals surface area contributed by atoms with E-state index in [1.807, 2.05) is 0 Å². The second-order valence-electron chi connectivity index (χ2n) is 8.20. The van der Waals surface area contributed by atoms with Gasteiger partial charge in [-0.25, -0.2) is 0 Å². The lowest BCUT2D eigenvalue weighted by Crippen LogP contribution is -2.44. The van der Waals surface area contributed by atoms with Gasteiger partial charge in [0.2, 0.25) is 0 Å². The van der Waals surface area contributed by atoms with E-state index >= 15 is 0 Å². The minimum absolute atomic E-state index is 1.07. The lowest BCUT2D eigenvalue weighted by Gasteiger charge is -2.22. The van der Waals surface area contributed by atoms with Crippen LogP contribution >= 0.6 is 0 Å². The van der Waals surface area contributed by atoms with Gasteiger partial charge in [-0.3, -0.25) is 0 Å². The SMILES string of the molecule is CCCC1=C(c2cc(C)cc(C)c2)CC=C1[SiH](c1ccccc1)c1ccccc1. The molecular formula is C28H30Si. The van der Waals surface area contributed by atoms with E-state index in [9.17, 15) is 0 Å². The Hall–Kier alpha value is -2.64. The van der Waals surface area contributed by atoms with E-state index in [1.54, 1.807) is 16.3 Å². The summed E-state index contributed by atoms with van der Waals surface area (Å²) < 4.78 is 0. The highest BCUT2D eigenvalue weighted by Gasteiger charge is 2.28. The molecule has 1 aliphatic carbocycles. The summed E-state index contributed by atoms with van der Waals surface area (Å²) in [6, 6.07) is 29.4. The summed E-state index contributed by atoms with van der Waals surface area (Å²) in [4.78, 5) is 0. The van der Waals surface area contributed by atoms with Crippen molar-refractivity contribution in [3.63, 3.8) is 0 Å². The summed E-state index contributed by atoms with van der Waals surface area (Å²) in [7, 11) is -1.48. The first-order valence-corrected chi connectivity index (χ1v) is 12.5. The number of aryl methyl sites for hydroxylation is 2. The van der Waals surface area contributed by atoms with Gasteiger partial charge in [-0.15, -0.1) is 0 Å². The van der Waals surface area contributed by atoms with Crippen LogP contribution in [0.3, 0.4) is 0 Å². The van der Waals surface area contributed by atoms with E-state index in [2.05, 4.69) is 106 Å². The van der Waals surface area contributed by atoms with Crippen molar-refractivity contribution >= 4 is 24.7 Å². The van der Waals surface area contributed by atoms with E-state index in [0.29, 0.717) is 0 Å². The Bertz CT molecular complexity index is 982. The molecule has 0 nitrogen and oxygen atoms in total. The molecule has 0 spiro atoms. The first-order chi connectivity index (χ1) is 14.2. The molecule has 1 heteroatoms. The summed E-state index contributed by atoms with van der Waals surface area (Å²) in [5.41, 5.74) is 7.30. The second kappa shape index (κ2) is 8.80. The van der Waals surface area contributed by atoms with Crippen LogP contribution in [0.1, 0.15) is 42.9 Å². The standard InChI is InChI=1S/C28H30Si/c1-4-11-27-26(23-19-21(2)18-22(3)20-23)16-17-28(27)29(24-12-7-5-8-13-24)25-14-9-6-10-15-25/h5-10,12-15,17-20,29H,4,11,16H2,1-3H3. The maximum absolute atomic E-state index is 2.55. The molecule has 0 saturated carbocycles. The Balaban J connectivity index is 1.85. The van der Waals surface area contributed by atoms with Gasteiger partial charge >= 0.3 is 0 Å². The summed E-state index contributed by atoms with van der Waals surface area (Å²) in [6.45, 7) is 6.74. The van der Waals surface area contributed by atoms with Gasteiger partial charge in [0.15, 0.2) is 0 Å². The van der Waals surface area contributed by atoms with Gasteiger partial charge in [-0.1, -0.05) is 125 Å². The highest BCUT2D eigenvalue weighted by Crippen LogP contribution is 2.38. The molecule has 0 unspecified atom stereocenters. The first kappa shape index (κ1) is 19.7. The van der Waals surface area contributed by atoms with Gasteiger partial charge in [0.05, 0.1) is 0 Å². The maximum atomic E-state index is 2.55. The summed E-state index contributed by atoms with van der Waals surface area (Å²) in [5, 5.41) is 4.67. The number of rotatable bonds is 6. The van der Waals surface area contributed by atoms with Gasteiger partial charge in [0.1, 0.15) is 8.80 Å². The molecule has 29 heavy (non-hydrogen) atoms. The average Bonchev–Trinajstić information content (AvgIpc) is 3.13. The Labute approximate surface area is 177 Å². The molecule has 0 N–H and O–H groups in total. The zero-order chi connectivity index (χ0) is 20.2. The predicted molar refractivity (Wildman–Crippen MR) is 130 cm³/mol. The van der Waals surface area contributed by atoms with Crippen molar-refractivity contribution in [1.82, 2.24) is 0 Å². The van der Waals surface area contributed by atoms with E-state index in [1.165, 1.54) is 33.5 Å². The third-order valence-corrected chi connectivity index (χ3v) is 9.20. The molecule has 4 rings (SSSR count). The summed E-state index contributed by atoms with van der Waals surface area (Å²) in [6.07, 6.45) is 5.97. The third-order valence-electron chi connectivity index (χ3n) is 5.89. The molecular weight excluding hydrogens is 364 g/mol. The maximum Gasteiger partial charge on any atom is 0.132 e. The van der Waals surface area contributed by atoms with Gasteiger partial charge < -0.3 is 0 Å². The quantitative estimate of drug-likeness (QED) is 0.466. The van der Waals surface area contributed by atoms with Crippen LogP contribution in [-0.2, 0) is 0 Å². The van der Waals surface area contributed by atoms with Crippen LogP contribution in [0, 0.1) is 13.8 Å². The minimum atomic E-state index is -1.48. The molecule has 0 amide bonds. The highest BCUT2D eigenvalue weighted by atomic mass is 28.3. The zero-order valence-electron chi connectivity index (χ0n) is 17.8. The van der Waals surface area contributed by atoms with Crippen molar-refractivity contribution in [2.75, 3.05) is 0 Å². The normalized spacial score (nSPS) is 13.9. The largest absolute Gasteiger partial charge is 0.132 e. The van der Waals surface area contributed by atoms with Crippen molar-refractivity contribution in [3.8, 4) is 0 Å². The number of hydrogen-bond acceptors (Lipinski definition) is 0. The predicted octanol–water partition coefficient (Wildman–Crippen LogP) is 5.77. The molecule has 0 aliphatic heterocycles. The van der Waals surface area contributed by atoms with Crippen LogP contribution in [0.2, 0.25) is 0 Å². The molecule has 146 valence electrons. The fourth-order valence-electron chi connectivity index (χ4n) is 4.75. The van der Waals surface area contributed by atoms with E-state index < -0.39 is 8.80 Å². The molecule has 0 bridgehead atoms. The Morgan fingerprint density at radius 2 is 1.31 bits per heavy atom. The van der Waals surface area contributed by atoms with Crippen LogP contribution in [0.5, 0.6) is 0 Å². The average molecular weight is 395 g/mol. The van der Waals surface area contributed by atoms with Crippen molar-refractivity contribution in [3.05, 3.63) is 112 Å². The van der Waals surface area contributed by atoms with Crippen LogP contribution in [0.15, 0.2) is 95.7 Å². The van der Waals surface area contributed by atoms with E-state index in [4.69, 9.17) is 0 Å². The Morgan fingerprint density at radius 1 is 0.759 bits per heavy atom. The van der Waals surface area contributed by atoms with Gasteiger partial charge in [-0.05, 0) is 43.4 Å². The molecule has 0 radical (unpaired) electrons. The van der Waals surface area contributed by atoms with Crippen molar-refractivity contribution < 1.29 is 0 Å². The fraction of sp³-hybridized carbons (Fsp3) is 0.214. The third kappa shape index (κ3) is 4.20. The number of hydrogen-bond donors (Lipinski definition) is 0. The fourth-order valence-corrected chi connectivity index (χ4v) is 8.09. The van der Waals surface area contributed by atoms with Gasteiger partial charge in [-0.2, -0.15) is 0 Å². The Morgan fingerprint density at radius 3 is 1.83 bits per heavy atom. The van der Waals surface area contributed by atoms with Crippen LogP contribution < -0.4 is 10.4 Å². The molecule has 3 aromatic carbocycles. The van der Waals surface area contributed by atoms with E-state index in [-0.39, 0.29) is 0 Å². The van der Waals surface area contributed by atoms with Crippen molar-refractivity contribution in [2.24, 2.45) is 0 Å². The Kier molecular flexibility index (Phi) is 5.96. The van der Waals surface area contributed by atoms with Crippen molar-refractivity contribution in [2.45, 2.75) is 40.0 Å². The monoisotopic (exact) mass is 394 g/mol. The lowest BCUT2D eigenvalue weighted by molar-refractivity contribution is 0.926. The van der Waals surface area contributed by atoms with Gasteiger partial charge in [0, 0.05) is 0 Å². The lowest BCUT2D eigenvalue weighted by atomic mass is 9.96.